The van der Waals surface area contributed by atoms with Gasteiger partial charge in [-0.3, -0.25) is 4.79 Å². The molecule has 4 heteroatoms. The largest absolute Gasteiger partial charge is 0.381 e. The van der Waals surface area contributed by atoms with Crippen LogP contribution < -0.4 is 4.90 Å². The number of hydrogen-bond donors (Lipinski definition) is 1. The molecule has 1 aromatic rings. The van der Waals surface area contributed by atoms with Crippen LogP contribution in [-0.4, -0.2) is 35.7 Å². The lowest BCUT2D eigenvalue weighted by Gasteiger charge is -2.45. The van der Waals surface area contributed by atoms with Crippen molar-refractivity contribution in [2.24, 2.45) is 0 Å². The topological polar surface area (TPSA) is 43.8 Å². The Labute approximate surface area is 145 Å². The van der Waals surface area contributed by atoms with Gasteiger partial charge in [-0.25, -0.2) is 0 Å². The molecule has 1 saturated heterocycles. The molecule has 1 amide bonds. The van der Waals surface area contributed by atoms with Crippen LogP contribution in [-0.2, 0) is 10.4 Å². The number of nitrogens with zero attached hydrogens (tertiary/aromatic N) is 2. The van der Waals surface area contributed by atoms with E-state index < -0.39 is 5.60 Å². The molecule has 132 valence electrons. The van der Waals surface area contributed by atoms with Gasteiger partial charge in [0.25, 0.3) is 0 Å². The maximum Gasteiger partial charge on any atom is 0.224 e. The first-order valence-electron chi connectivity index (χ1n) is 9.44. The zero-order valence-corrected chi connectivity index (χ0v) is 15.0. The minimum Gasteiger partial charge on any atom is -0.381 e. The molecular formula is C20H30N2O2. The van der Waals surface area contributed by atoms with Crippen molar-refractivity contribution in [3.63, 3.8) is 0 Å². The van der Waals surface area contributed by atoms with E-state index in [1.165, 1.54) is 19.3 Å². The summed E-state index contributed by atoms with van der Waals surface area (Å²) in [7, 11) is 1.99. The number of para-hydroxylation sites is 1. The number of likely N-dealkylation sites (tertiary alicyclic amines) is 1. The number of aliphatic hydroxyl groups is 1. The average Bonchev–Trinajstić information content (AvgIpc) is 2.83. The van der Waals surface area contributed by atoms with Gasteiger partial charge in [0.05, 0.1) is 0 Å². The van der Waals surface area contributed by atoms with Crippen LogP contribution >= 0.6 is 0 Å². The summed E-state index contributed by atoms with van der Waals surface area (Å²) < 4.78 is 0. The third-order valence-electron chi connectivity index (χ3n) is 5.61. The SMILES string of the molecule is CCCCCCCC(=O)N1CCCC2(O)c3ccccc3N(C)C12. The van der Waals surface area contributed by atoms with Crippen molar-refractivity contribution < 1.29 is 9.90 Å². The molecule has 1 aromatic carbocycles. The molecule has 2 unspecified atom stereocenters. The Morgan fingerprint density at radius 1 is 1.25 bits per heavy atom. The first-order chi connectivity index (χ1) is 11.6. The summed E-state index contributed by atoms with van der Waals surface area (Å²) in [5, 5.41) is 11.4. The zero-order chi connectivity index (χ0) is 17.2. The van der Waals surface area contributed by atoms with Crippen molar-refractivity contribution in [3.8, 4) is 0 Å². The van der Waals surface area contributed by atoms with E-state index in [4.69, 9.17) is 0 Å². The Morgan fingerprint density at radius 3 is 2.79 bits per heavy atom. The molecule has 0 saturated carbocycles. The normalized spacial score (nSPS) is 25.5. The number of carbonyl (C=O) groups is 1. The monoisotopic (exact) mass is 330 g/mol. The Morgan fingerprint density at radius 2 is 2.00 bits per heavy atom. The van der Waals surface area contributed by atoms with Gasteiger partial charge in [0.15, 0.2) is 0 Å². The maximum absolute atomic E-state index is 12.8. The lowest BCUT2D eigenvalue weighted by Crippen LogP contribution is -2.60. The van der Waals surface area contributed by atoms with Crippen LogP contribution in [0.5, 0.6) is 0 Å². The predicted molar refractivity (Wildman–Crippen MR) is 96.9 cm³/mol. The fourth-order valence-electron chi connectivity index (χ4n) is 4.39. The van der Waals surface area contributed by atoms with Gasteiger partial charge in [0, 0.05) is 31.3 Å². The number of benzene rings is 1. The van der Waals surface area contributed by atoms with Crippen LogP contribution in [0.2, 0.25) is 0 Å². The predicted octanol–water partition coefficient (Wildman–Crippen LogP) is 3.63. The smallest absolute Gasteiger partial charge is 0.224 e. The Hall–Kier alpha value is -1.55. The lowest BCUT2D eigenvalue weighted by molar-refractivity contribution is -0.146. The van der Waals surface area contributed by atoms with E-state index in [2.05, 4.69) is 11.8 Å². The van der Waals surface area contributed by atoms with E-state index in [-0.39, 0.29) is 12.1 Å². The minimum atomic E-state index is -0.929. The van der Waals surface area contributed by atoms with Crippen molar-refractivity contribution in [2.45, 2.75) is 70.1 Å². The van der Waals surface area contributed by atoms with Crippen molar-refractivity contribution >= 4 is 11.6 Å². The van der Waals surface area contributed by atoms with Gasteiger partial charge in [-0.2, -0.15) is 0 Å². The summed E-state index contributed by atoms with van der Waals surface area (Å²) in [5.41, 5.74) is 1.09. The Bertz CT molecular complexity index is 589. The minimum absolute atomic E-state index is 0.189. The maximum atomic E-state index is 12.8. The summed E-state index contributed by atoms with van der Waals surface area (Å²) in [5.74, 6) is 0.189. The molecule has 0 aliphatic carbocycles. The number of hydrogen-bond acceptors (Lipinski definition) is 3. The third-order valence-corrected chi connectivity index (χ3v) is 5.61. The summed E-state index contributed by atoms with van der Waals surface area (Å²) in [6, 6.07) is 8.01. The van der Waals surface area contributed by atoms with Crippen molar-refractivity contribution in [2.75, 3.05) is 18.5 Å². The van der Waals surface area contributed by atoms with Crippen molar-refractivity contribution in [3.05, 3.63) is 29.8 Å². The number of anilines is 1. The number of piperidine rings is 1. The molecular weight excluding hydrogens is 300 g/mol. The summed E-state index contributed by atoms with van der Waals surface area (Å²) >= 11 is 0. The average molecular weight is 330 g/mol. The van der Waals surface area contributed by atoms with Crippen LogP contribution in [0.25, 0.3) is 0 Å². The van der Waals surface area contributed by atoms with E-state index in [0.717, 1.165) is 43.5 Å². The fraction of sp³-hybridized carbons (Fsp3) is 0.650. The molecule has 0 radical (unpaired) electrons. The summed E-state index contributed by atoms with van der Waals surface area (Å²) in [6.45, 7) is 2.95. The van der Waals surface area contributed by atoms with Crippen LogP contribution in [0.1, 0.15) is 63.9 Å². The highest BCUT2D eigenvalue weighted by molar-refractivity contribution is 5.78. The van der Waals surface area contributed by atoms with Gasteiger partial charge < -0.3 is 14.9 Å². The molecule has 3 rings (SSSR count). The van der Waals surface area contributed by atoms with Crippen LogP contribution in [0.4, 0.5) is 5.69 Å². The van der Waals surface area contributed by atoms with E-state index in [1.54, 1.807) is 0 Å². The van der Waals surface area contributed by atoms with Crippen LogP contribution in [0.15, 0.2) is 24.3 Å². The number of carbonyl (C=O) groups excluding carboxylic acids is 1. The van der Waals surface area contributed by atoms with Crippen LogP contribution in [0.3, 0.4) is 0 Å². The third kappa shape index (κ3) is 2.92. The van der Waals surface area contributed by atoms with Crippen molar-refractivity contribution in [1.82, 2.24) is 4.90 Å². The van der Waals surface area contributed by atoms with Gasteiger partial charge in [-0.15, -0.1) is 0 Å². The number of rotatable bonds is 6. The second-order valence-corrected chi connectivity index (χ2v) is 7.28. The van der Waals surface area contributed by atoms with Gasteiger partial charge in [-0.05, 0) is 25.3 Å². The second kappa shape index (κ2) is 7.14. The van der Waals surface area contributed by atoms with E-state index >= 15 is 0 Å². The second-order valence-electron chi connectivity index (χ2n) is 7.28. The Kier molecular flexibility index (Phi) is 5.14. The number of fused-ring (bicyclic) bond motifs is 3. The molecule has 24 heavy (non-hydrogen) atoms. The molecule has 0 aromatic heterocycles. The van der Waals surface area contributed by atoms with Crippen LogP contribution in [0, 0.1) is 0 Å². The van der Waals surface area contributed by atoms with Crippen molar-refractivity contribution in [1.29, 1.82) is 0 Å². The highest BCUT2D eigenvalue weighted by Gasteiger charge is 2.54. The Balaban J connectivity index is 1.71. The molecule has 2 aliphatic rings. The quantitative estimate of drug-likeness (QED) is 0.810. The highest BCUT2D eigenvalue weighted by Crippen LogP contribution is 2.48. The zero-order valence-electron chi connectivity index (χ0n) is 15.0. The molecule has 0 spiro atoms. The molecule has 2 aliphatic heterocycles. The molecule has 0 bridgehead atoms. The highest BCUT2D eigenvalue weighted by atomic mass is 16.3. The summed E-state index contributed by atoms with van der Waals surface area (Å²) in [6.07, 6.45) is 7.68. The number of likely N-dealkylation sites (N-methyl/N-ethyl adjacent to an activating group) is 1. The first-order valence-corrected chi connectivity index (χ1v) is 9.44. The number of unbranched alkanes of at least 4 members (excludes halogenated alkanes) is 4. The van der Waals surface area contributed by atoms with E-state index in [9.17, 15) is 9.90 Å². The molecule has 2 atom stereocenters. The molecule has 4 nitrogen and oxygen atoms in total. The lowest BCUT2D eigenvalue weighted by atomic mass is 9.85. The number of amides is 1. The first kappa shape index (κ1) is 17.3. The molecule has 2 heterocycles. The fourth-order valence-corrected chi connectivity index (χ4v) is 4.39. The molecule has 1 N–H and O–H groups in total. The van der Waals surface area contributed by atoms with Gasteiger partial charge in [0.1, 0.15) is 11.8 Å². The van der Waals surface area contributed by atoms with Gasteiger partial charge in [-0.1, -0.05) is 50.8 Å². The van der Waals surface area contributed by atoms with Gasteiger partial charge in [0.2, 0.25) is 5.91 Å². The standard InChI is InChI=1S/C20H30N2O2/c1-3-4-5-6-7-13-18(23)22-15-10-14-20(24)16-11-8-9-12-17(16)21(2)19(20)22/h8-9,11-12,19,24H,3-7,10,13-15H2,1-2H3. The molecule has 1 fully saturated rings. The summed E-state index contributed by atoms with van der Waals surface area (Å²) in [4.78, 5) is 16.8. The van der Waals surface area contributed by atoms with Gasteiger partial charge >= 0.3 is 0 Å². The van der Waals surface area contributed by atoms with E-state index in [0.29, 0.717) is 6.42 Å². The van der Waals surface area contributed by atoms with E-state index in [1.807, 2.05) is 36.2 Å².